The number of rotatable bonds is 2. The van der Waals surface area contributed by atoms with Gasteiger partial charge in [0.1, 0.15) is 12.8 Å². The Balaban J connectivity index is 1.41. The summed E-state index contributed by atoms with van der Waals surface area (Å²) in [5.41, 5.74) is 3.20. The predicted molar refractivity (Wildman–Crippen MR) is 123 cm³/mol. The number of fused-ring (bicyclic) bond motifs is 5. The highest BCUT2D eigenvalue weighted by atomic mass is 35.5. The van der Waals surface area contributed by atoms with E-state index >= 15 is 0 Å². The van der Waals surface area contributed by atoms with Crippen LogP contribution in [0.5, 0.6) is 0 Å². The lowest BCUT2D eigenvalue weighted by molar-refractivity contribution is -0.0528. The van der Waals surface area contributed by atoms with E-state index in [9.17, 15) is 0 Å². The number of para-hydroxylation sites is 2. The zero-order valence-electron chi connectivity index (χ0n) is 17.4. The number of hydrogen-bond acceptors (Lipinski definition) is 7. The van der Waals surface area contributed by atoms with Gasteiger partial charge in [0.15, 0.2) is 0 Å². The van der Waals surface area contributed by atoms with Crippen molar-refractivity contribution < 1.29 is 0 Å². The van der Waals surface area contributed by atoms with Crippen molar-refractivity contribution in [1.82, 2.24) is 29.8 Å². The van der Waals surface area contributed by atoms with E-state index in [-0.39, 0.29) is 6.17 Å². The number of halogens is 1. The molecule has 1 fully saturated rings. The van der Waals surface area contributed by atoms with Crippen LogP contribution in [0.1, 0.15) is 11.7 Å². The minimum absolute atomic E-state index is 0.0927. The third-order valence-electron chi connectivity index (χ3n) is 6.35. The summed E-state index contributed by atoms with van der Waals surface area (Å²) < 4.78 is 2.27. The smallest absolute Gasteiger partial charge is 0.216 e. The molecule has 6 rings (SSSR count). The van der Waals surface area contributed by atoms with Crippen LogP contribution in [-0.2, 0) is 0 Å². The van der Waals surface area contributed by atoms with Crippen LogP contribution < -0.4 is 10.2 Å². The zero-order valence-corrected chi connectivity index (χ0v) is 18.2. The second-order valence-electron chi connectivity index (χ2n) is 8.32. The standard InChI is InChI=1S/C22H25ClN8/c1-27-10-12-28(13-11-27)29-14-24-21-26-20(16-6-8-17(23)9-7-16)31-19-5-3-2-4-18(19)25-22(31)30(21)15-29/h2-9,20H,10-15H2,1H3,(H,24,26)/t20-/m1/s1. The molecule has 3 aliphatic heterocycles. The normalized spacial score (nSPS) is 22.7. The first kappa shape index (κ1) is 19.1. The lowest BCUT2D eigenvalue weighted by atomic mass is 10.1. The van der Waals surface area contributed by atoms with E-state index in [0.29, 0.717) is 6.67 Å². The molecule has 4 heterocycles. The molecule has 1 saturated heterocycles. The van der Waals surface area contributed by atoms with Crippen LogP contribution in [0.3, 0.4) is 0 Å². The second-order valence-corrected chi connectivity index (χ2v) is 8.76. The molecule has 31 heavy (non-hydrogen) atoms. The highest BCUT2D eigenvalue weighted by Gasteiger charge is 2.37. The van der Waals surface area contributed by atoms with Crippen LogP contribution in [0.15, 0.2) is 53.5 Å². The van der Waals surface area contributed by atoms with E-state index in [1.54, 1.807) is 0 Å². The Hall–Kier alpha value is -2.65. The number of imidazole rings is 1. The van der Waals surface area contributed by atoms with Gasteiger partial charge in [-0.2, -0.15) is 0 Å². The van der Waals surface area contributed by atoms with Gasteiger partial charge in [0.2, 0.25) is 11.9 Å². The number of aromatic nitrogens is 2. The first-order valence-corrected chi connectivity index (χ1v) is 11.0. The summed E-state index contributed by atoms with van der Waals surface area (Å²) in [6, 6.07) is 16.3. The van der Waals surface area contributed by atoms with Crippen molar-refractivity contribution in [2.24, 2.45) is 4.99 Å². The summed E-state index contributed by atoms with van der Waals surface area (Å²) >= 11 is 6.15. The number of aliphatic imine (C=N–C) groups is 1. The SMILES string of the molecule is CN1CCN(N2CN=C3N[C@@H](c4ccc(Cl)cc4)n4c(nc5ccccc54)N3C2)CC1. The molecule has 9 heteroatoms. The summed E-state index contributed by atoms with van der Waals surface area (Å²) in [5, 5.41) is 9.13. The zero-order chi connectivity index (χ0) is 20.9. The third kappa shape index (κ3) is 3.27. The van der Waals surface area contributed by atoms with E-state index < -0.39 is 0 Å². The van der Waals surface area contributed by atoms with Gasteiger partial charge in [-0.3, -0.25) is 9.47 Å². The Morgan fingerprint density at radius 2 is 1.74 bits per heavy atom. The highest BCUT2D eigenvalue weighted by Crippen LogP contribution is 2.34. The molecule has 0 bridgehead atoms. The predicted octanol–water partition coefficient (Wildman–Crippen LogP) is 2.40. The summed E-state index contributed by atoms with van der Waals surface area (Å²) in [7, 11) is 2.18. The van der Waals surface area contributed by atoms with Gasteiger partial charge in [0.25, 0.3) is 0 Å². The maximum atomic E-state index is 6.15. The molecule has 1 aromatic heterocycles. The average Bonchev–Trinajstić information content (AvgIpc) is 3.19. The molecular formula is C22H25ClN8. The van der Waals surface area contributed by atoms with Crippen LogP contribution in [0.4, 0.5) is 5.95 Å². The van der Waals surface area contributed by atoms with Crippen molar-refractivity contribution in [2.45, 2.75) is 6.17 Å². The van der Waals surface area contributed by atoms with Gasteiger partial charge >= 0.3 is 0 Å². The van der Waals surface area contributed by atoms with Gasteiger partial charge in [-0.05, 0) is 36.9 Å². The molecule has 0 amide bonds. The van der Waals surface area contributed by atoms with Crippen LogP contribution >= 0.6 is 11.6 Å². The van der Waals surface area contributed by atoms with E-state index in [2.05, 4.69) is 67.1 Å². The van der Waals surface area contributed by atoms with Crippen molar-refractivity contribution in [3.63, 3.8) is 0 Å². The molecule has 0 spiro atoms. The molecule has 0 aliphatic carbocycles. The third-order valence-corrected chi connectivity index (χ3v) is 6.60. The second kappa shape index (κ2) is 7.49. The largest absolute Gasteiger partial charge is 0.331 e. The maximum Gasteiger partial charge on any atom is 0.216 e. The van der Waals surface area contributed by atoms with Crippen molar-refractivity contribution in [2.75, 3.05) is 51.5 Å². The van der Waals surface area contributed by atoms with E-state index in [4.69, 9.17) is 21.6 Å². The average molecular weight is 437 g/mol. The molecule has 160 valence electrons. The van der Waals surface area contributed by atoms with Crippen LogP contribution in [0.25, 0.3) is 11.0 Å². The van der Waals surface area contributed by atoms with Crippen LogP contribution in [0.2, 0.25) is 5.02 Å². The van der Waals surface area contributed by atoms with Gasteiger partial charge < -0.3 is 10.2 Å². The molecule has 0 saturated carbocycles. The Bertz CT molecular complexity index is 1130. The van der Waals surface area contributed by atoms with Crippen molar-refractivity contribution in [1.29, 1.82) is 0 Å². The number of anilines is 1. The number of nitrogens with zero attached hydrogens (tertiary/aromatic N) is 7. The Labute approximate surface area is 186 Å². The number of piperazine rings is 1. The molecule has 8 nitrogen and oxygen atoms in total. The number of benzene rings is 2. The van der Waals surface area contributed by atoms with Crippen LogP contribution in [0, 0.1) is 0 Å². The highest BCUT2D eigenvalue weighted by molar-refractivity contribution is 6.30. The monoisotopic (exact) mass is 436 g/mol. The summed E-state index contributed by atoms with van der Waals surface area (Å²) in [6.07, 6.45) is -0.0927. The molecule has 0 radical (unpaired) electrons. The van der Waals surface area contributed by atoms with Crippen molar-refractivity contribution >= 4 is 34.5 Å². The van der Waals surface area contributed by atoms with Gasteiger partial charge in [-0.15, -0.1) is 0 Å². The van der Waals surface area contributed by atoms with Gasteiger partial charge in [0.05, 0.1) is 17.7 Å². The number of nitrogens with one attached hydrogen (secondary N) is 1. The fourth-order valence-corrected chi connectivity index (χ4v) is 4.72. The minimum atomic E-state index is -0.0927. The lowest BCUT2D eigenvalue weighted by Crippen LogP contribution is -2.62. The molecule has 2 aromatic carbocycles. The molecule has 3 aliphatic rings. The van der Waals surface area contributed by atoms with Crippen molar-refractivity contribution in [3.8, 4) is 0 Å². The fraction of sp³-hybridized carbons (Fsp3) is 0.364. The first-order valence-electron chi connectivity index (χ1n) is 10.7. The van der Waals surface area contributed by atoms with Gasteiger partial charge in [0, 0.05) is 31.2 Å². The molecular weight excluding hydrogens is 412 g/mol. The van der Waals surface area contributed by atoms with E-state index in [1.807, 2.05) is 18.2 Å². The summed E-state index contributed by atoms with van der Waals surface area (Å²) in [6.45, 7) is 5.56. The number of hydrogen-bond donors (Lipinski definition) is 1. The molecule has 0 unspecified atom stereocenters. The Morgan fingerprint density at radius 1 is 0.968 bits per heavy atom. The molecule has 3 aromatic rings. The molecule has 1 N–H and O–H groups in total. The van der Waals surface area contributed by atoms with Crippen LogP contribution in [-0.4, -0.2) is 77.0 Å². The van der Waals surface area contributed by atoms with E-state index in [0.717, 1.165) is 66.4 Å². The van der Waals surface area contributed by atoms with Gasteiger partial charge in [-0.25, -0.2) is 20.0 Å². The minimum Gasteiger partial charge on any atom is -0.331 e. The molecule has 1 atom stereocenters. The number of likely N-dealkylation sites (N-methyl/N-ethyl adjacent to an activating group) is 1. The first-order chi connectivity index (χ1) is 15.2. The summed E-state index contributed by atoms with van der Waals surface area (Å²) in [5.74, 6) is 1.78. The topological polar surface area (TPSA) is 55.2 Å². The Morgan fingerprint density at radius 3 is 2.55 bits per heavy atom. The lowest BCUT2D eigenvalue weighted by Gasteiger charge is -2.46. The quantitative estimate of drug-likeness (QED) is 0.665. The number of hydrazine groups is 1. The number of guanidine groups is 1. The summed E-state index contributed by atoms with van der Waals surface area (Å²) in [4.78, 5) is 14.5. The Kier molecular flexibility index (Phi) is 4.61. The van der Waals surface area contributed by atoms with Gasteiger partial charge in [-0.1, -0.05) is 35.9 Å². The maximum absolute atomic E-state index is 6.15. The van der Waals surface area contributed by atoms with E-state index in [1.165, 1.54) is 0 Å². The van der Waals surface area contributed by atoms with Crippen molar-refractivity contribution in [3.05, 3.63) is 59.1 Å². The fourth-order valence-electron chi connectivity index (χ4n) is 4.59.